The van der Waals surface area contributed by atoms with Crippen molar-refractivity contribution in [2.75, 3.05) is 0 Å². The summed E-state index contributed by atoms with van der Waals surface area (Å²) in [6.07, 6.45) is 0. The van der Waals surface area contributed by atoms with Gasteiger partial charge in [0.2, 0.25) is 0 Å². The van der Waals surface area contributed by atoms with E-state index in [1.54, 1.807) is 18.2 Å². The molecule has 0 aliphatic rings. The van der Waals surface area contributed by atoms with Gasteiger partial charge >= 0.3 is 0 Å². The number of hydrogen-bond donors (Lipinski definition) is 0. The lowest BCUT2D eigenvalue weighted by Crippen LogP contribution is -1.92. The Labute approximate surface area is 130 Å². The van der Waals surface area contributed by atoms with Crippen LogP contribution in [-0.4, -0.2) is 4.92 Å². The Kier molecular flexibility index (Phi) is 4.63. The molecule has 0 atom stereocenters. The van der Waals surface area contributed by atoms with Gasteiger partial charge in [0.1, 0.15) is 17.6 Å². The molecule has 5 nitrogen and oxygen atoms in total. The normalized spacial score (nSPS) is 9.95. The topological polar surface area (TPSA) is 76.2 Å². The Bertz CT molecular complexity index is 741. The molecule has 0 fully saturated rings. The fourth-order valence-electron chi connectivity index (χ4n) is 1.64. The van der Waals surface area contributed by atoms with Crippen LogP contribution < -0.4 is 4.74 Å². The molecule has 0 radical (unpaired) electrons. The van der Waals surface area contributed by atoms with E-state index in [-0.39, 0.29) is 22.3 Å². The lowest BCUT2D eigenvalue weighted by molar-refractivity contribution is -0.384. The number of nitro benzene ring substituents is 1. The molecule has 0 aromatic heterocycles. The highest BCUT2D eigenvalue weighted by molar-refractivity contribution is 6.32. The predicted octanol–water partition coefficient (Wildman–Crippen LogP) is 4.65. The SMILES string of the molecule is N#Cc1cc(CCl)ccc1Oc1ccc([N+](=O)[O-])cc1Cl. The zero-order chi connectivity index (χ0) is 15.4. The van der Waals surface area contributed by atoms with Crippen LogP contribution in [0.5, 0.6) is 11.5 Å². The molecule has 0 aliphatic heterocycles. The maximum absolute atomic E-state index is 10.6. The number of nitro groups is 1. The highest BCUT2D eigenvalue weighted by Gasteiger charge is 2.13. The minimum Gasteiger partial charge on any atom is -0.454 e. The van der Waals surface area contributed by atoms with Gasteiger partial charge in [0.05, 0.1) is 15.5 Å². The summed E-state index contributed by atoms with van der Waals surface area (Å²) in [6.45, 7) is 0. The van der Waals surface area contributed by atoms with Gasteiger partial charge in [-0.2, -0.15) is 5.26 Å². The molecule has 2 aromatic carbocycles. The number of halogens is 2. The van der Waals surface area contributed by atoms with Gasteiger partial charge in [0.15, 0.2) is 0 Å². The average Bonchev–Trinajstić information content (AvgIpc) is 2.49. The van der Waals surface area contributed by atoms with Crippen LogP contribution in [0.2, 0.25) is 5.02 Å². The first-order valence-corrected chi connectivity index (χ1v) is 6.67. The Balaban J connectivity index is 2.34. The van der Waals surface area contributed by atoms with Crippen molar-refractivity contribution in [3.63, 3.8) is 0 Å². The van der Waals surface area contributed by atoms with E-state index in [4.69, 9.17) is 33.2 Å². The number of nitriles is 1. The number of alkyl halides is 1. The minimum absolute atomic E-state index is 0.0921. The van der Waals surface area contributed by atoms with E-state index in [0.717, 1.165) is 5.56 Å². The predicted molar refractivity (Wildman–Crippen MR) is 78.9 cm³/mol. The van der Waals surface area contributed by atoms with Crippen molar-refractivity contribution in [3.05, 3.63) is 62.7 Å². The van der Waals surface area contributed by atoms with Gasteiger partial charge in [-0.05, 0) is 23.8 Å². The largest absolute Gasteiger partial charge is 0.454 e. The van der Waals surface area contributed by atoms with E-state index in [9.17, 15) is 10.1 Å². The highest BCUT2D eigenvalue weighted by Crippen LogP contribution is 2.34. The van der Waals surface area contributed by atoms with Crippen molar-refractivity contribution < 1.29 is 9.66 Å². The van der Waals surface area contributed by atoms with Crippen molar-refractivity contribution in [2.24, 2.45) is 0 Å². The molecule has 0 unspecified atom stereocenters. The summed E-state index contributed by atoms with van der Waals surface area (Å²) >= 11 is 11.6. The van der Waals surface area contributed by atoms with Gasteiger partial charge in [-0.25, -0.2) is 0 Å². The average molecular weight is 323 g/mol. The molecule has 0 saturated carbocycles. The monoisotopic (exact) mass is 322 g/mol. The molecular weight excluding hydrogens is 315 g/mol. The van der Waals surface area contributed by atoms with Crippen LogP contribution in [0.1, 0.15) is 11.1 Å². The van der Waals surface area contributed by atoms with Crippen molar-refractivity contribution in [1.29, 1.82) is 5.26 Å². The fourth-order valence-corrected chi connectivity index (χ4v) is 2.02. The maximum atomic E-state index is 10.6. The molecule has 21 heavy (non-hydrogen) atoms. The van der Waals surface area contributed by atoms with E-state index >= 15 is 0 Å². The number of ether oxygens (including phenoxy) is 1. The molecule has 106 valence electrons. The summed E-state index contributed by atoms with van der Waals surface area (Å²) in [5.74, 6) is 0.826. The summed E-state index contributed by atoms with van der Waals surface area (Å²) < 4.78 is 5.55. The summed E-state index contributed by atoms with van der Waals surface area (Å²) in [5.41, 5.74) is 0.961. The van der Waals surface area contributed by atoms with Crippen LogP contribution in [0.3, 0.4) is 0 Å². The molecule has 2 rings (SSSR count). The Morgan fingerprint density at radius 1 is 1.24 bits per heavy atom. The van der Waals surface area contributed by atoms with Gasteiger partial charge in [-0.1, -0.05) is 17.7 Å². The zero-order valence-electron chi connectivity index (χ0n) is 10.5. The van der Waals surface area contributed by atoms with Crippen LogP contribution in [0.15, 0.2) is 36.4 Å². The van der Waals surface area contributed by atoms with Crippen LogP contribution in [0.4, 0.5) is 5.69 Å². The number of rotatable bonds is 4. The molecule has 0 heterocycles. The third-order valence-corrected chi connectivity index (χ3v) is 3.27. The van der Waals surface area contributed by atoms with Crippen molar-refractivity contribution >= 4 is 28.9 Å². The number of nitrogens with zero attached hydrogens (tertiary/aromatic N) is 2. The second-order valence-electron chi connectivity index (χ2n) is 4.05. The second kappa shape index (κ2) is 6.44. The van der Waals surface area contributed by atoms with E-state index in [0.29, 0.717) is 11.3 Å². The van der Waals surface area contributed by atoms with Crippen LogP contribution in [-0.2, 0) is 5.88 Å². The van der Waals surface area contributed by atoms with Gasteiger partial charge in [-0.15, -0.1) is 11.6 Å². The Morgan fingerprint density at radius 2 is 1.95 bits per heavy atom. The Morgan fingerprint density at radius 3 is 2.52 bits per heavy atom. The molecule has 0 aliphatic carbocycles. The lowest BCUT2D eigenvalue weighted by atomic mass is 10.1. The first-order valence-electron chi connectivity index (χ1n) is 5.76. The van der Waals surface area contributed by atoms with E-state index in [2.05, 4.69) is 0 Å². The number of hydrogen-bond acceptors (Lipinski definition) is 4. The fraction of sp³-hybridized carbons (Fsp3) is 0.0714. The molecule has 0 bridgehead atoms. The number of benzene rings is 2. The van der Waals surface area contributed by atoms with E-state index < -0.39 is 4.92 Å². The smallest absolute Gasteiger partial charge is 0.271 e. The first-order chi connectivity index (χ1) is 10.0. The van der Waals surface area contributed by atoms with Crippen molar-refractivity contribution in [2.45, 2.75) is 5.88 Å². The zero-order valence-corrected chi connectivity index (χ0v) is 12.1. The van der Waals surface area contributed by atoms with Gasteiger partial charge in [0.25, 0.3) is 5.69 Å². The van der Waals surface area contributed by atoms with Crippen molar-refractivity contribution in [3.8, 4) is 17.6 Å². The number of non-ortho nitro benzene ring substituents is 1. The Hall–Kier alpha value is -2.29. The standard InChI is InChI=1S/C14H8Cl2N2O3/c15-7-9-1-3-13(10(5-9)8-17)21-14-4-2-11(18(19)20)6-12(14)16/h1-6H,7H2. The summed E-state index contributed by atoms with van der Waals surface area (Å²) in [7, 11) is 0. The van der Waals surface area contributed by atoms with Crippen LogP contribution >= 0.6 is 23.2 Å². The maximum Gasteiger partial charge on any atom is 0.271 e. The molecule has 0 spiro atoms. The van der Waals surface area contributed by atoms with Crippen LogP contribution in [0, 0.1) is 21.4 Å². The quantitative estimate of drug-likeness (QED) is 0.466. The third-order valence-electron chi connectivity index (χ3n) is 2.66. The molecular formula is C14H8Cl2N2O3. The van der Waals surface area contributed by atoms with E-state index in [1.165, 1.54) is 18.2 Å². The third kappa shape index (κ3) is 3.43. The highest BCUT2D eigenvalue weighted by atomic mass is 35.5. The van der Waals surface area contributed by atoms with Gasteiger partial charge < -0.3 is 4.74 Å². The molecule has 0 saturated heterocycles. The van der Waals surface area contributed by atoms with Gasteiger partial charge in [0, 0.05) is 18.0 Å². The summed E-state index contributed by atoms with van der Waals surface area (Å²) in [6, 6.07) is 10.8. The summed E-state index contributed by atoms with van der Waals surface area (Å²) in [4.78, 5) is 10.1. The van der Waals surface area contributed by atoms with Crippen molar-refractivity contribution in [1.82, 2.24) is 0 Å². The molecule has 0 amide bonds. The van der Waals surface area contributed by atoms with E-state index in [1.807, 2.05) is 6.07 Å². The minimum atomic E-state index is -0.550. The lowest BCUT2D eigenvalue weighted by Gasteiger charge is -2.09. The second-order valence-corrected chi connectivity index (χ2v) is 4.72. The molecule has 2 aromatic rings. The summed E-state index contributed by atoms with van der Waals surface area (Å²) in [5, 5.41) is 19.8. The molecule has 0 N–H and O–H groups in total. The van der Waals surface area contributed by atoms with Crippen LogP contribution in [0.25, 0.3) is 0 Å². The first kappa shape index (κ1) is 15.1. The van der Waals surface area contributed by atoms with Gasteiger partial charge in [-0.3, -0.25) is 10.1 Å². The molecule has 7 heteroatoms.